The molecule has 2 amide bonds. The monoisotopic (exact) mass is 318 g/mol. The summed E-state index contributed by atoms with van der Waals surface area (Å²) >= 11 is 5.81. The molecule has 2 N–H and O–H groups in total. The zero-order valence-corrected chi connectivity index (χ0v) is 13.2. The molecule has 0 aliphatic heterocycles. The van der Waals surface area contributed by atoms with Crippen LogP contribution in [0.2, 0.25) is 5.02 Å². The van der Waals surface area contributed by atoms with Crippen LogP contribution in [0.3, 0.4) is 0 Å². The molecule has 2 aromatic carbocycles. The van der Waals surface area contributed by atoms with Crippen LogP contribution < -0.4 is 15.4 Å². The molecular formula is C17H19ClN2O2. The molecule has 0 saturated heterocycles. The molecule has 0 aliphatic carbocycles. The van der Waals surface area contributed by atoms with E-state index in [9.17, 15) is 4.79 Å². The Kier molecular flexibility index (Phi) is 6.10. The fraction of sp³-hybridized carbons (Fsp3) is 0.235. The number of hydrogen-bond acceptors (Lipinski definition) is 2. The maximum absolute atomic E-state index is 11.6. The van der Waals surface area contributed by atoms with E-state index in [0.29, 0.717) is 24.7 Å². The molecule has 0 spiro atoms. The van der Waals surface area contributed by atoms with Gasteiger partial charge in [-0.3, -0.25) is 0 Å². The Morgan fingerprint density at radius 2 is 1.91 bits per heavy atom. The molecule has 0 unspecified atom stereocenters. The van der Waals surface area contributed by atoms with Crippen LogP contribution in [-0.2, 0) is 6.54 Å². The summed E-state index contributed by atoms with van der Waals surface area (Å²) in [6, 6.07) is 14.9. The molecule has 22 heavy (non-hydrogen) atoms. The summed E-state index contributed by atoms with van der Waals surface area (Å²) in [6.07, 6.45) is 0. The normalized spacial score (nSPS) is 10.1. The summed E-state index contributed by atoms with van der Waals surface area (Å²) in [6.45, 7) is 3.34. The lowest BCUT2D eigenvalue weighted by Gasteiger charge is -2.09. The van der Waals surface area contributed by atoms with E-state index in [1.54, 1.807) is 12.1 Å². The van der Waals surface area contributed by atoms with Crippen LogP contribution in [0.15, 0.2) is 48.5 Å². The average molecular weight is 319 g/mol. The van der Waals surface area contributed by atoms with Gasteiger partial charge in [0.05, 0.1) is 6.54 Å². The second kappa shape index (κ2) is 8.29. The van der Waals surface area contributed by atoms with Crippen molar-refractivity contribution in [2.75, 3.05) is 13.2 Å². The number of carbonyl (C=O) groups excluding carboxylic acids is 1. The number of hydrogen-bond donors (Lipinski definition) is 2. The van der Waals surface area contributed by atoms with Gasteiger partial charge < -0.3 is 15.4 Å². The van der Waals surface area contributed by atoms with Gasteiger partial charge in [-0.2, -0.15) is 0 Å². The Labute approximate surface area is 135 Å². The number of ether oxygens (including phenoxy) is 1. The second-order valence-electron chi connectivity index (χ2n) is 4.90. The van der Waals surface area contributed by atoms with Crippen LogP contribution in [0.1, 0.15) is 11.1 Å². The van der Waals surface area contributed by atoms with Gasteiger partial charge in [-0.15, -0.1) is 0 Å². The SMILES string of the molecule is Cc1cccc(OCCNC(=O)NCc2ccc(Cl)cc2)c1. The molecule has 4 nitrogen and oxygen atoms in total. The van der Waals surface area contributed by atoms with Crippen LogP contribution in [0.25, 0.3) is 0 Å². The van der Waals surface area contributed by atoms with E-state index in [0.717, 1.165) is 16.9 Å². The van der Waals surface area contributed by atoms with E-state index in [1.807, 2.05) is 43.3 Å². The van der Waals surface area contributed by atoms with E-state index in [2.05, 4.69) is 10.6 Å². The van der Waals surface area contributed by atoms with Crippen molar-refractivity contribution >= 4 is 17.6 Å². The Balaban J connectivity index is 1.62. The van der Waals surface area contributed by atoms with Crippen molar-refractivity contribution in [3.8, 4) is 5.75 Å². The quantitative estimate of drug-likeness (QED) is 0.801. The first-order valence-corrected chi connectivity index (χ1v) is 7.47. The summed E-state index contributed by atoms with van der Waals surface area (Å²) in [5.74, 6) is 0.809. The van der Waals surface area contributed by atoms with E-state index in [1.165, 1.54) is 0 Å². The van der Waals surface area contributed by atoms with Gasteiger partial charge in [-0.05, 0) is 42.3 Å². The number of aryl methyl sites for hydroxylation is 1. The van der Waals surface area contributed by atoms with Crippen LogP contribution in [0, 0.1) is 6.92 Å². The van der Waals surface area contributed by atoms with Crippen LogP contribution in [-0.4, -0.2) is 19.2 Å². The van der Waals surface area contributed by atoms with Gasteiger partial charge in [0, 0.05) is 11.6 Å². The summed E-state index contributed by atoms with van der Waals surface area (Å²) in [4.78, 5) is 11.6. The highest BCUT2D eigenvalue weighted by Crippen LogP contribution is 2.11. The summed E-state index contributed by atoms with van der Waals surface area (Å²) < 4.78 is 5.56. The summed E-state index contributed by atoms with van der Waals surface area (Å²) in [5, 5.41) is 6.21. The summed E-state index contributed by atoms with van der Waals surface area (Å²) in [5.41, 5.74) is 2.14. The lowest BCUT2D eigenvalue weighted by molar-refractivity contribution is 0.236. The van der Waals surface area contributed by atoms with Gasteiger partial charge >= 0.3 is 6.03 Å². The Morgan fingerprint density at radius 3 is 2.64 bits per heavy atom. The van der Waals surface area contributed by atoms with Crippen LogP contribution >= 0.6 is 11.6 Å². The minimum absolute atomic E-state index is 0.220. The first-order chi connectivity index (χ1) is 10.6. The number of nitrogens with one attached hydrogen (secondary N) is 2. The van der Waals surface area contributed by atoms with Crippen molar-refractivity contribution in [1.82, 2.24) is 10.6 Å². The van der Waals surface area contributed by atoms with Gasteiger partial charge in [0.1, 0.15) is 12.4 Å². The number of halogens is 1. The molecule has 0 atom stereocenters. The minimum Gasteiger partial charge on any atom is -0.492 e. The average Bonchev–Trinajstić information content (AvgIpc) is 2.51. The smallest absolute Gasteiger partial charge is 0.315 e. The predicted octanol–water partition coefficient (Wildman–Crippen LogP) is 3.53. The lowest BCUT2D eigenvalue weighted by Crippen LogP contribution is -2.37. The van der Waals surface area contributed by atoms with Gasteiger partial charge in [-0.1, -0.05) is 35.9 Å². The molecule has 0 heterocycles. The highest BCUT2D eigenvalue weighted by molar-refractivity contribution is 6.30. The fourth-order valence-electron chi connectivity index (χ4n) is 1.89. The molecule has 2 rings (SSSR count). The number of urea groups is 1. The molecule has 0 aromatic heterocycles. The molecule has 0 aliphatic rings. The second-order valence-corrected chi connectivity index (χ2v) is 5.34. The first kappa shape index (κ1) is 16.2. The molecular weight excluding hydrogens is 300 g/mol. The Morgan fingerprint density at radius 1 is 1.14 bits per heavy atom. The van der Waals surface area contributed by atoms with E-state index < -0.39 is 0 Å². The van der Waals surface area contributed by atoms with Crippen molar-refractivity contribution in [1.29, 1.82) is 0 Å². The number of amides is 2. The molecule has 2 aromatic rings. The molecule has 0 saturated carbocycles. The predicted molar refractivity (Wildman–Crippen MR) is 88.4 cm³/mol. The van der Waals surface area contributed by atoms with Gasteiger partial charge in [0.2, 0.25) is 0 Å². The van der Waals surface area contributed by atoms with Crippen LogP contribution in [0.4, 0.5) is 4.79 Å². The third-order valence-electron chi connectivity index (χ3n) is 3.01. The third-order valence-corrected chi connectivity index (χ3v) is 3.26. The van der Waals surface area contributed by atoms with Crippen molar-refractivity contribution in [3.63, 3.8) is 0 Å². The summed E-state index contributed by atoms with van der Waals surface area (Å²) in [7, 11) is 0. The maximum Gasteiger partial charge on any atom is 0.315 e. The molecule has 0 radical (unpaired) electrons. The highest BCUT2D eigenvalue weighted by Gasteiger charge is 2.00. The molecule has 116 valence electrons. The van der Waals surface area contributed by atoms with E-state index in [-0.39, 0.29) is 6.03 Å². The third kappa shape index (κ3) is 5.66. The first-order valence-electron chi connectivity index (χ1n) is 7.09. The zero-order chi connectivity index (χ0) is 15.8. The van der Waals surface area contributed by atoms with E-state index >= 15 is 0 Å². The van der Waals surface area contributed by atoms with Crippen molar-refractivity contribution in [3.05, 3.63) is 64.7 Å². The zero-order valence-electron chi connectivity index (χ0n) is 12.4. The highest BCUT2D eigenvalue weighted by atomic mass is 35.5. The maximum atomic E-state index is 11.6. The molecule has 0 bridgehead atoms. The Hall–Kier alpha value is -2.20. The number of rotatable bonds is 6. The molecule has 0 fully saturated rings. The van der Waals surface area contributed by atoms with Crippen molar-refractivity contribution < 1.29 is 9.53 Å². The topological polar surface area (TPSA) is 50.4 Å². The number of carbonyl (C=O) groups is 1. The largest absolute Gasteiger partial charge is 0.492 e. The number of benzene rings is 2. The van der Waals surface area contributed by atoms with Crippen LogP contribution in [0.5, 0.6) is 5.75 Å². The fourth-order valence-corrected chi connectivity index (χ4v) is 2.01. The minimum atomic E-state index is -0.220. The Bertz CT molecular complexity index is 614. The van der Waals surface area contributed by atoms with Gasteiger partial charge in [0.25, 0.3) is 0 Å². The van der Waals surface area contributed by atoms with Gasteiger partial charge in [0.15, 0.2) is 0 Å². The standard InChI is InChI=1S/C17H19ClN2O2/c1-13-3-2-4-16(11-13)22-10-9-19-17(21)20-12-14-5-7-15(18)8-6-14/h2-8,11H,9-10,12H2,1H3,(H2,19,20,21). The molecule has 5 heteroatoms. The lowest BCUT2D eigenvalue weighted by atomic mass is 10.2. The van der Waals surface area contributed by atoms with Crippen molar-refractivity contribution in [2.45, 2.75) is 13.5 Å². The van der Waals surface area contributed by atoms with E-state index in [4.69, 9.17) is 16.3 Å². The van der Waals surface area contributed by atoms with Crippen molar-refractivity contribution in [2.24, 2.45) is 0 Å². The van der Waals surface area contributed by atoms with Gasteiger partial charge in [-0.25, -0.2) is 4.79 Å².